The molecule has 2 heterocycles. The van der Waals surface area contributed by atoms with Crippen LogP contribution in [-0.2, 0) is 28.7 Å². The molecule has 4 atom stereocenters. The molecular formula is C19H20N2O9S. The number of nitrogens with one attached hydrogen (secondary N) is 1. The quantitative estimate of drug-likeness (QED) is 0.301. The molecule has 0 spiro atoms. The number of nitrogens with zero attached hydrogens (tertiary/aromatic N) is 1. The lowest BCUT2D eigenvalue weighted by atomic mass is 10.1. The molecule has 2 saturated heterocycles. The van der Waals surface area contributed by atoms with Crippen molar-refractivity contribution >= 4 is 41.3 Å². The van der Waals surface area contributed by atoms with Crippen LogP contribution < -0.4 is 10.1 Å². The predicted octanol–water partition coefficient (Wildman–Crippen LogP) is -0.871. The topological polar surface area (TPSA) is 160 Å². The number of hydrogen-bond donors (Lipinski definition) is 3. The number of Topliss-reactive ketones (excluding diaryl/α,β-unsaturated/α-hetero) is 1. The van der Waals surface area contributed by atoms with Crippen molar-refractivity contribution in [3.63, 3.8) is 0 Å². The largest absolute Gasteiger partial charge is 0.484 e. The Morgan fingerprint density at radius 2 is 1.97 bits per heavy atom. The van der Waals surface area contributed by atoms with Gasteiger partial charge in [0.25, 0.3) is 11.8 Å². The number of aliphatic hydroxyl groups excluding tert-OH is 1. The molecule has 12 heteroatoms. The molecule has 2 amide bonds. The Labute approximate surface area is 180 Å². The monoisotopic (exact) mass is 452 g/mol. The van der Waals surface area contributed by atoms with Gasteiger partial charge in [-0.25, -0.2) is 4.79 Å². The summed E-state index contributed by atoms with van der Waals surface area (Å²) in [4.78, 5) is 59.7. The van der Waals surface area contributed by atoms with Gasteiger partial charge in [-0.3, -0.25) is 24.1 Å². The Hall–Kier alpha value is -3.12. The first kappa shape index (κ1) is 22.6. The summed E-state index contributed by atoms with van der Waals surface area (Å²) in [6, 6.07) is 7.36. The number of para-hydroxylation sites is 1. The number of amides is 2. The van der Waals surface area contributed by atoms with Crippen LogP contribution in [0.1, 0.15) is 12.8 Å². The molecule has 11 nitrogen and oxygen atoms in total. The van der Waals surface area contributed by atoms with Crippen LogP contribution in [0.5, 0.6) is 5.75 Å². The molecule has 1 aromatic carbocycles. The van der Waals surface area contributed by atoms with E-state index >= 15 is 0 Å². The van der Waals surface area contributed by atoms with Crippen LogP contribution in [0.4, 0.5) is 0 Å². The second kappa shape index (κ2) is 9.79. The van der Waals surface area contributed by atoms with E-state index in [-0.39, 0.29) is 25.2 Å². The number of rotatable bonds is 10. The molecule has 0 radical (unpaired) electrons. The standard InChI is InChI=1S/C19H20N2O9S/c22-11(12-6-7-14(24)30-12)9-31-18-15(16(25)21(18)17(26)19(27)28)20-13(23)8-29-10-4-2-1-3-5-10/h1-5,12,15,17-18,26H,6-9H2,(H,20,23)(H,27,28)/t12-,15?,17-,18?/m0/s1. The number of carbonyl (C=O) groups is 5. The van der Waals surface area contributed by atoms with E-state index in [1.807, 2.05) is 0 Å². The number of hydrogen-bond acceptors (Lipinski definition) is 9. The number of ether oxygens (including phenoxy) is 2. The fraction of sp³-hybridized carbons (Fsp3) is 0.421. The molecule has 1 aromatic rings. The molecule has 2 aliphatic heterocycles. The van der Waals surface area contributed by atoms with Crippen LogP contribution in [0.15, 0.2) is 30.3 Å². The summed E-state index contributed by atoms with van der Waals surface area (Å²) in [6.07, 6.45) is -2.63. The number of carbonyl (C=O) groups excluding carboxylic acids is 4. The van der Waals surface area contributed by atoms with Gasteiger partial charge < -0.3 is 25.0 Å². The number of thioether (sulfide) groups is 1. The molecule has 0 aliphatic carbocycles. The number of esters is 1. The van der Waals surface area contributed by atoms with E-state index in [0.717, 1.165) is 11.8 Å². The van der Waals surface area contributed by atoms with Crippen LogP contribution in [0.3, 0.4) is 0 Å². The molecule has 0 saturated carbocycles. The van der Waals surface area contributed by atoms with Crippen LogP contribution in [0.25, 0.3) is 0 Å². The number of aliphatic hydroxyl groups is 1. The lowest BCUT2D eigenvalue weighted by Gasteiger charge is -2.47. The lowest BCUT2D eigenvalue weighted by molar-refractivity contribution is -0.178. The number of aliphatic carboxylic acids is 1. The molecule has 2 fully saturated rings. The normalized spacial score (nSPS) is 23.5. The maximum atomic E-state index is 12.4. The van der Waals surface area contributed by atoms with Gasteiger partial charge in [-0.05, 0) is 12.1 Å². The minimum Gasteiger partial charge on any atom is -0.484 e. The van der Waals surface area contributed by atoms with Crippen molar-refractivity contribution < 1.29 is 43.7 Å². The molecule has 31 heavy (non-hydrogen) atoms. The highest BCUT2D eigenvalue weighted by atomic mass is 32.2. The maximum Gasteiger partial charge on any atom is 0.354 e. The van der Waals surface area contributed by atoms with E-state index in [1.54, 1.807) is 30.3 Å². The van der Waals surface area contributed by atoms with Gasteiger partial charge in [0, 0.05) is 12.8 Å². The lowest BCUT2D eigenvalue weighted by Crippen LogP contribution is -2.73. The third-order valence-corrected chi connectivity index (χ3v) is 5.93. The summed E-state index contributed by atoms with van der Waals surface area (Å²) in [5.74, 6) is -3.72. The summed E-state index contributed by atoms with van der Waals surface area (Å²) in [5.41, 5.74) is 0. The summed E-state index contributed by atoms with van der Waals surface area (Å²) < 4.78 is 10.2. The maximum absolute atomic E-state index is 12.4. The Morgan fingerprint density at radius 3 is 2.58 bits per heavy atom. The highest BCUT2D eigenvalue weighted by molar-refractivity contribution is 8.00. The SMILES string of the molecule is O=C(COc1ccccc1)NC1C(=O)N([C@@H](O)C(=O)O)C1SCC(=O)[C@@H]1CCC(=O)O1. The molecule has 0 bridgehead atoms. The number of β-lactam (4-membered cyclic amide) rings is 1. The molecule has 166 valence electrons. The Balaban J connectivity index is 1.59. The number of cyclic esters (lactones) is 1. The summed E-state index contributed by atoms with van der Waals surface area (Å²) in [5, 5.41) is 20.3. The van der Waals surface area contributed by atoms with Crippen molar-refractivity contribution in [2.45, 2.75) is 36.6 Å². The minimum absolute atomic E-state index is 0.132. The Bertz CT molecular complexity index is 878. The first-order valence-electron chi connectivity index (χ1n) is 9.32. The average Bonchev–Trinajstić information content (AvgIpc) is 3.19. The van der Waals surface area contributed by atoms with Gasteiger partial charge in [0.2, 0.25) is 6.23 Å². The number of carboxylic acid groups (broad SMARTS) is 1. The average molecular weight is 452 g/mol. The first-order valence-corrected chi connectivity index (χ1v) is 10.4. The van der Waals surface area contributed by atoms with E-state index in [0.29, 0.717) is 10.6 Å². The zero-order chi connectivity index (χ0) is 22.5. The molecule has 3 rings (SSSR count). The zero-order valence-corrected chi connectivity index (χ0v) is 16.9. The van der Waals surface area contributed by atoms with E-state index in [9.17, 15) is 29.1 Å². The van der Waals surface area contributed by atoms with Gasteiger partial charge in [0.05, 0.1) is 5.75 Å². The summed E-state index contributed by atoms with van der Waals surface area (Å²) in [6.45, 7) is -0.385. The van der Waals surface area contributed by atoms with E-state index < -0.39 is 53.3 Å². The van der Waals surface area contributed by atoms with Crippen molar-refractivity contribution in [2.24, 2.45) is 0 Å². The summed E-state index contributed by atoms with van der Waals surface area (Å²) >= 11 is 0.867. The van der Waals surface area contributed by atoms with E-state index in [1.165, 1.54) is 0 Å². The van der Waals surface area contributed by atoms with Crippen molar-refractivity contribution in [1.82, 2.24) is 10.2 Å². The van der Waals surface area contributed by atoms with Crippen LogP contribution in [-0.4, -0.2) is 80.8 Å². The number of benzene rings is 1. The predicted molar refractivity (Wildman–Crippen MR) is 105 cm³/mol. The fourth-order valence-corrected chi connectivity index (χ4v) is 4.35. The van der Waals surface area contributed by atoms with Crippen molar-refractivity contribution in [1.29, 1.82) is 0 Å². The smallest absolute Gasteiger partial charge is 0.354 e. The number of carboxylic acids is 1. The van der Waals surface area contributed by atoms with Crippen LogP contribution >= 0.6 is 11.8 Å². The van der Waals surface area contributed by atoms with Gasteiger partial charge in [-0.2, -0.15) is 0 Å². The highest BCUT2D eigenvalue weighted by Gasteiger charge is 2.53. The Kier molecular flexibility index (Phi) is 7.13. The second-order valence-corrected chi connectivity index (χ2v) is 7.89. The second-order valence-electron chi connectivity index (χ2n) is 6.79. The van der Waals surface area contributed by atoms with Crippen LogP contribution in [0.2, 0.25) is 0 Å². The van der Waals surface area contributed by atoms with Gasteiger partial charge in [0.1, 0.15) is 17.2 Å². The van der Waals surface area contributed by atoms with Crippen molar-refractivity contribution in [2.75, 3.05) is 12.4 Å². The highest BCUT2D eigenvalue weighted by Crippen LogP contribution is 2.32. The summed E-state index contributed by atoms with van der Waals surface area (Å²) in [7, 11) is 0. The third kappa shape index (κ3) is 5.33. The van der Waals surface area contributed by atoms with Gasteiger partial charge in [0.15, 0.2) is 18.5 Å². The number of likely N-dealkylation sites (tertiary alicyclic amines) is 1. The van der Waals surface area contributed by atoms with Gasteiger partial charge in [-0.1, -0.05) is 18.2 Å². The van der Waals surface area contributed by atoms with E-state index in [2.05, 4.69) is 5.32 Å². The molecule has 3 N–H and O–H groups in total. The van der Waals surface area contributed by atoms with Gasteiger partial charge >= 0.3 is 11.9 Å². The molecule has 0 aromatic heterocycles. The fourth-order valence-electron chi connectivity index (χ4n) is 3.07. The van der Waals surface area contributed by atoms with Gasteiger partial charge in [-0.15, -0.1) is 11.8 Å². The Morgan fingerprint density at radius 1 is 1.26 bits per heavy atom. The molecule has 2 unspecified atom stereocenters. The van der Waals surface area contributed by atoms with Crippen LogP contribution in [0, 0.1) is 0 Å². The third-order valence-electron chi connectivity index (χ3n) is 4.63. The number of ketones is 1. The van der Waals surface area contributed by atoms with E-state index in [4.69, 9.17) is 14.6 Å². The minimum atomic E-state index is -2.13. The molecule has 2 aliphatic rings. The molecular weight excluding hydrogens is 432 g/mol. The van der Waals surface area contributed by atoms with Crippen molar-refractivity contribution in [3.05, 3.63) is 30.3 Å². The first-order chi connectivity index (χ1) is 14.8. The zero-order valence-electron chi connectivity index (χ0n) is 16.1. The van der Waals surface area contributed by atoms with Crippen molar-refractivity contribution in [3.8, 4) is 5.75 Å².